The molecule has 0 saturated carbocycles. The Labute approximate surface area is 133 Å². The van der Waals surface area contributed by atoms with Crippen LogP contribution in [0.1, 0.15) is 25.6 Å². The summed E-state index contributed by atoms with van der Waals surface area (Å²) < 4.78 is 7.43. The second-order valence-corrected chi connectivity index (χ2v) is 6.65. The van der Waals surface area contributed by atoms with E-state index in [9.17, 15) is 0 Å². The van der Waals surface area contributed by atoms with Gasteiger partial charge < -0.3 is 4.74 Å². The third-order valence-corrected chi connectivity index (χ3v) is 4.72. The van der Waals surface area contributed by atoms with E-state index in [0.29, 0.717) is 0 Å². The third-order valence-electron chi connectivity index (χ3n) is 3.55. The van der Waals surface area contributed by atoms with Crippen LogP contribution in [0.3, 0.4) is 0 Å². The van der Waals surface area contributed by atoms with Gasteiger partial charge in [-0.2, -0.15) is 5.10 Å². The SMILES string of the molecule is CC(C)n1nc(-c2nccs2)c(Cl)c1CN1CCOCC1. The Morgan fingerprint density at radius 2 is 2.14 bits per heavy atom. The minimum atomic E-state index is 0.271. The second-order valence-electron chi connectivity index (χ2n) is 5.37. The molecule has 0 radical (unpaired) electrons. The smallest absolute Gasteiger partial charge is 0.145 e. The van der Waals surface area contributed by atoms with Crippen molar-refractivity contribution in [1.29, 1.82) is 0 Å². The van der Waals surface area contributed by atoms with Crippen molar-refractivity contribution in [2.24, 2.45) is 0 Å². The zero-order valence-electron chi connectivity index (χ0n) is 12.3. The molecular formula is C14H19ClN4OS. The molecule has 0 amide bonds. The number of thiazole rings is 1. The van der Waals surface area contributed by atoms with E-state index in [4.69, 9.17) is 21.4 Å². The van der Waals surface area contributed by atoms with Gasteiger partial charge in [-0.1, -0.05) is 11.6 Å². The van der Waals surface area contributed by atoms with Crippen molar-refractivity contribution in [2.45, 2.75) is 26.4 Å². The van der Waals surface area contributed by atoms with Gasteiger partial charge in [0.1, 0.15) is 10.7 Å². The molecule has 5 nitrogen and oxygen atoms in total. The van der Waals surface area contributed by atoms with Crippen LogP contribution in [0.15, 0.2) is 11.6 Å². The molecule has 1 aliphatic rings. The summed E-state index contributed by atoms with van der Waals surface area (Å²) >= 11 is 8.17. The van der Waals surface area contributed by atoms with E-state index < -0.39 is 0 Å². The molecule has 114 valence electrons. The Kier molecular flexibility index (Phi) is 4.59. The fourth-order valence-corrected chi connectivity index (χ4v) is 3.42. The highest BCUT2D eigenvalue weighted by atomic mass is 35.5. The highest BCUT2D eigenvalue weighted by Gasteiger charge is 2.23. The molecule has 0 N–H and O–H groups in total. The van der Waals surface area contributed by atoms with Gasteiger partial charge in [0, 0.05) is 37.3 Å². The normalized spacial score (nSPS) is 16.8. The first-order chi connectivity index (χ1) is 10.2. The van der Waals surface area contributed by atoms with E-state index in [1.165, 1.54) is 0 Å². The number of nitrogens with zero attached hydrogens (tertiary/aromatic N) is 4. The molecular weight excluding hydrogens is 308 g/mol. The van der Waals surface area contributed by atoms with E-state index in [-0.39, 0.29) is 6.04 Å². The molecule has 7 heteroatoms. The number of ether oxygens (including phenoxy) is 1. The van der Waals surface area contributed by atoms with Crippen molar-refractivity contribution < 1.29 is 4.74 Å². The fourth-order valence-electron chi connectivity index (χ4n) is 2.47. The molecule has 0 spiro atoms. The molecule has 3 heterocycles. The Hall–Kier alpha value is -0.950. The summed E-state index contributed by atoms with van der Waals surface area (Å²) in [7, 11) is 0. The molecule has 1 fully saturated rings. The topological polar surface area (TPSA) is 43.2 Å². The number of aromatic nitrogens is 3. The number of morpholine rings is 1. The number of hydrogen-bond acceptors (Lipinski definition) is 5. The molecule has 21 heavy (non-hydrogen) atoms. The summed E-state index contributed by atoms with van der Waals surface area (Å²) in [5.41, 5.74) is 1.86. The summed E-state index contributed by atoms with van der Waals surface area (Å²) in [6, 6.07) is 0.271. The monoisotopic (exact) mass is 326 g/mol. The maximum atomic E-state index is 6.61. The predicted octanol–water partition coefficient (Wildman–Crippen LogP) is 3.07. The van der Waals surface area contributed by atoms with E-state index in [1.807, 2.05) is 10.1 Å². The number of halogens is 1. The molecule has 2 aromatic rings. The van der Waals surface area contributed by atoms with Gasteiger partial charge in [-0.15, -0.1) is 11.3 Å². The van der Waals surface area contributed by atoms with Gasteiger partial charge >= 0.3 is 0 Å². The van der Waals surface area contributed by atoms with Gasteiger partial charge in [0.2, 0.25) is 0 Å². The minimum Gasteiger partial charge on any atom is -0.379 e. The number of hydrogen-bond donors (Lipinski definition) is 0. The van der Waals surface area contributed by atoms with Crippen LogP contribution >= 0.6 is 22.9 Å². The largest absolute Gasteiger partial charge is 0.379 e. The minimum absolute atomic E-state index is 0.271. The van der Waals surface area contributed by atoms with Crippen molar-refractivity contribution >= 4 is 22.9 Å². The highest BCUT2D eigenvalue weighted by Crippen LogP contribution is 2.33. The Morgan fingerprint density at radius 3 is 2.76 bits per heavy atom. The molecule has 0 bridgehead atoms. The van der Waals surface area contributed by atoms with E-state index >= 15 is 0 Å². The summed E-state index contributed by atoms with van der Waals surface area (Å²) in [4.78, 5) is 6.69. The van der Waals surface area contributed by atoms with Crippen molar-refractivity contribution in [3.63, 3.8) is 0 Å². The highest BCUT2D eigenvalue weighted by molar-refractivity contribution is 7.13. The van der Waals surface area contributed by atoms with Crippen LogP contribution in [0.5, 0.6) is 0 Å². The second kappa shape index (κ2) is 6.44. The van der Waals surface area contributed by atoms with Crippen LogP contribution in [0.4, 0.5) is 0 Å². The van der Waals surface area contributed by atoms with Crippen LogP contribution in [-0.2, 0) is 11.3 Å². The van der Waals surface area contributed by atoms with E-state index in [2.05, 4.69) is 23.7 Å². The molecule has 2 aromatic heterocycles. The predicted molar refractivity (Wildman–Crippen MR) is 84.8 cm³/mol. The van der Waals surface area contributed by atoms with E-state index in [1.54, 1.807) is 17.5 Å². The molecule has 0 unspecified atom stereocenters. The zero-order valence-corrected chi connectivity index (χ0v) is 13.8. The molecule has 3 rings (SSSR count). The van der Waals surface area contributed by atoms with Crippen molar-refractivity contribution in [1.82, 2.24) is 19.7 Å². The molecule has 1 saturated heterocycles. The lowest BCUT2D eigenvalue weighted by atomic mass is 10.3. The Balaban J connectivity index is 1.93. The Bertz CT molecular complexity index is 590. The summed E-state index contributed by atoms with van der Waals surface area (Å²) in [6.07, 6.45) is 1.78. The Morgan fingerprint density at radius 1 is 1.38 bits per heavy atom. The maximum absolute atomic E-state index is 6.61. The maximum Gasteiger partial charge on any atom is 0.145 e. The average molecular weight is 327 g/mol. The standard InChI is InChI=1S/C14H19ClN4OS/c1-10(2)19-11(9-18-4-6-20-7-5-18)12(15)13(17-19)14-16-3-8-21-14/h3,8,10H,4-7,9H2,1-2H3. The summed E-state index contributed by atoms with van der Waals surface area (Å²) in [5.74, 6) is 0. The fraction of sp³-hybridized carbons (Fsp3) is 0.571. The molecule has 1 aliphatic heterocycles. The lowest BCUT2D eigenvalue weighted by Crippen LogP contribution is -2.36. The van der Waals surface area contributed by atoms with Gasteiger partial charge in [-0.3, -0.25) is 9.58 Å². The third kappa shape index (κ3) is 3.13. The zero-order chi connectivity index (χ0) is 14.8. The van der Waals surface area contributed by atoms with Crippen LogP contribution in [0.2, 0.25) is 5.02 Å². The summed E-state index contributed by atoms with van der Waals surface area (Å²) in [6.45, 7) is 8.49. The van der Waals surface area contributed by atoms with Gasteiger partial charge in [0.25, 0.3) is 0 Å². The first-order valence-electron chi connectivity index (χ1n) is 7.13. The molecule has 0 aliphatic carbocycles. The number of rotatable bonds is 4. The van der Waals surface area contributed by atoms with E-state index in [0.717, 1.165) is 54.3 Å². The van der Waals surface area contributed by atoms with Crippen LogP contribution in [0.25, 0.3) is 10.7 Å². The van der Waals surface area contributed by atoms with Gasteiger partial charge in [-0.25, -0.2) is 4.98 Å². The lowest BCUT2D eigenvalue weighted by Gasteiger charge is -2.27. The lowest BCUT2D eigenvalue weighted by molar-refractivity contribution is 0.0329. The van der Waals surface area contributed by atoms with Crippen LogP contribution in [-0.4, -0.2) is 46.0 Å². The first kappa shape index (κ1) is 15.0. The van der Waals surface area contributed by atoms with Crippen LogP contribution in [0, 0.1) is 0 Å². The van der Waals surface area contributed by atoms with Gasteiger partial charge in [-0.05, 0) is 13.8 Å². The molecule has 0 aromatic carbocycles. The van der Waals surface area contributed by atoms with Crippen molar-refractivity contribution in [2.75, 3.05) is 26.3 Å². The quantitative estimate of drug-likeness (QED) is 0.866. The molecule has 0 atom stereocenters. The first-order valence-corrected chi connectivity index (χ1v) is 8.39. The van der Waals surface area contributed by atoms with Crippen molar-refractivity contribution in [3.05, 3.63) is 22.3 Å². The van der Waals surface area contributed by atoms with Gasteiger partial charge in [0.05, 0.1) is 23.9 Å². The van der Waals surface area contributed by atoms with Crippen LogP contribution < -0.4 is 0 Å². The van der Waals surface area contributed by atoms with Crippen molar-refractivity contribution in [3.8, 4) is 10.7 Å². The van der Waals surface area contributed by atoms with Gasteiger partial charge in [0.15, 0.2) is 0 Å². The average Bonchev–Trinajstić information content (AvgIpc) is 3.09. The summed E-state index contributed by atoms with van der Waals surface area (Å²) in [5, 5.41) is 8.24.